The van der Waals surface area contributed by atoms with E-state index in [0.717, 1.165) is 36.6 Å². The molecule has 0 aromatic heterocycles. The van der Waals surface area contributed by atoms with Gasteiger partial charge in [-0.15, -0.1) is 0 Å². The molecule has 6 heteroatoms. The van der Waals surface area contributed by atoms with Crippen LogP contribution in [0, 0.1) is 11.6 Å². The Bertz CT molecular complexity index is 808. The summed E-state index contributed by atoms with van der Waals surface area (Å²) in [4.78, 5) is 11.8. The summed E-state index contributed by atoms with van der Waals surface area (Å²) >= 11 is 0. The minimum absolute atomic E-state index is 0.00438. The Balaban J connectivity index is 0.000000565. The third-order valence-electron chi connectivity index (χ3n) is 4.46. The molecule has 0 fully saturated rings. The van der Waals surface area contributed by atoms with Gasteiger partial charge in [0.2, 0.25) is 5.91 Å². The lowest BCUT2D eigenvalue weighted by Gasteiger charge is -2.30. The van der Waals surface area contributed by atoms with Gasteiger partial charge in [0.1, 0.15) is 11.6 Å². The number of benzene rings is 2. The number of nitrogens with zero attached hydrogens (tertiary/aromatic N) is 2. The van der Waals surface area contributed by atoms with Crippen molar-refractivity contribution in [2.75, 3.05) is 13.2 Å². The normalized spacial score (nSPS) is 15.2. The predicted octanol–water partition coefficient (Wildman–Crippen LogP) is 5.51. The number of carbonyl (C=O) groups excluding carboxylic acids is 1. The Morgan fingerprint density at radius 2 is 1.83 bits per heavy atom. The predicted molar refractivity (Wildman–Crippen MR) is 117 cm³/mol. The van der Waals surface area contributed by atoms with Crippen molar-refractivity contribution in [1.82, 2.24) is 5.01 Å². The maximum Gasteiger partial charge on any atom is 0.239 e. The van der Waals surface area contributed by atoms with Crippen molar-refractivity contribution >= 4 is 11.6 Å². The smallest absolute Gasteiger partial charge is 0.239 e. The summed E-state index contributed by atoms with van der Waals surface area (Å²) in [6, 6.07) is 13.0. The van der Waals surface area contributed by atoms with Gasteiger partial charge in [0.15, 0.2) is 0 Å². The largest absolute Gasteiger partial charge is 0.396 e. The van der Waals surface area contributed by atoms with Crippen LogP contribution in [-0.4, -0.2) is 34.9 Å². The lowest BCUT2D eigenvalue weighted by Crippen LogP contribution is -2.35. The maximum absolute atomic E-state index is 14.1. The number of hydrogen-bond donors (Lipinski definition) is 1. The fourth-order valence-electron chi connectivity index (χ4n) is 2.92. The molecule has 2 aromatic carbocycles. The van der Waals surface area contributed by atoms with E-state index in [9.17, 15) is 13.6 Å². The van der Waals surface area contributed by atoms with Crippen LogP contribution < -0.4 is 0 Å². The molecule has 0 spiro atoms. The Morgan fingerprint density at radius 1 is 1.17 bits per heavy atom. The van der Waals surface area contributed by atoms with E-state index in [-0.39, 0.29) is 17.4 Å². The molecule has 1 N–H and O–H groups in total. The topological polar surface area (TPSA) is 52.9 Å². The van der Waals surface area contributed by atoms with E-state index in [4.69, 9.17) is 5.11 Å². The van der Waals surface area contributed by atoms with Crippen molar-refractivity contribution in [1.29, 1.82) is 0 Å². The quantitative estimate of drug-likeness (QED) is 0.712. The summed E-state index contributed by atoms with van der Waals surface area (Å²) in [5.41, 5.74) is 1.54. The first kappa shape index (κ1) is 25.4. The van der Waals surface area contributed by atoms with Crippen LogP contribution in [0.3, 0.4) is 0 Å². The molecule has 0 bridgehead atoms. The fourth-order valence-corrected chi connectivity index (χ4v) is 2.92. The minimum atomic E-state index is -0.539. The number of aliphatic hydroxyl groups excluding tert-OH is 1. The van der Waals surface area contributed by atoms with Gasteiger partial charge in [-0.05, 0) is 30.2 Å². The van der Waals surface area contributed by atoms with Crippen LogP contribution in [0.4, 0.5) is 8.78 Å². The molecule has 3 rings (SSSR count). The van der Waals surface area contributed by atoms with E-state index in [2.05, 4.69) is 12.0 Å². The van der Waals surface area contributed by atoms with Crippen LogP contribution in [0.2, 0.25) is 0 Å². The lowest BCUT2D eigenvalue weighted by molar-refractivity contribution is -0.129. The van der Waals surface area contributed by atoms with Gasteiger partial charge in [-0.3, -0.25) is 4.79 Å². The van der Waals surface area contributed by atoms with Crippen LogP contribution in [-0.2, 0) is 4.79 Å². The number of rotatable bonds is 4. The Morgan fingerprint density at radius 3 is 2.37 bits per heavy atom. The van der Waals surface area contributed by atoms with Crippen molar-refractivity contribution in [2.24, 2.45) is 5.10 Å². The molecule has 0 unspecified atom stereocenters. The average molecular weight is 419 g/mol. The van der Waals surface area contributed by atoms with Gasteiger partial charge in [0.25, 0.3) is 0 Å². The minimum Gasteiger partial charge on any atom is -0.396 e. The highest BCUT2D eigenvalue weighted by Gasteiger charge is 2.27. The third kappa shape index (κ3) is 7.67. The molecule has 2 aromatic rings. The van der Waals surface area contributed by atoms with Crippen LogP contribution in [0.15, 0.2) is 53.6 Å². The standard InChI is InChI=1S/C18H16F2N2O.C4H10O.C2H6/c1-12(23)22-11-14(13-5-3-2-4-6-13)9-18(21-22)16-10-15(19)7-8-17(16)20;1-2-3-4-5;1-2/h2-8,10,14H,9,11H2,1H3;5H,2-4H2,1H3;1-2H3/t14-;;/m1../s1. The van der Waals surface area contributed by atoms with Gasteiger partial charge in [-0.2, -0.15) is 5.10 Å². The highest BCUT2D eigenvalue weighted by Crippen LogP contribution is 2.28. The number of unbranched alkanes of at least 4 members (excludes halogenated alkanes) is 1. The van der Waals surface area contributed by atoms with E-state index in [1.54, 1.807) is 0 Å². The molecule has 0 saturated heterocycles. The number of aliphatic hydroxyl groups is 1. The summed E-state index contributed by atoms with van der Waals surface area (Å²) < 4.78 is 27.5. The molecule has 1 atom stereocenters. The molecule has 0 saturated carbocycles. The maximum atomic E-state index is 14.1. The average Bonchev–Trinajstić information content (AvgIpc) is 2.78. The molecule has 1 amide bonds. The summed E-state index contributed by atoms with van der Waals surface area (Å²) in [5.74, 6) is -1.29. The summed E-state index contributed by atoms with van der Waals surface area (Å²) in [6.45, 7) is 8.24. The first-order chi connectivity index (χ1) is 14.5. The van der Waals surface area contributed by atoms with Crippen LogP contribution in [0.25, 0.3) is 0 Å². The summed E-state index contributed by atoms with van der Waals surface area (Å²) in [5, 5.41) is 13.6. The van der Waals surface area contributed by atoms with Crippen LogP contribution in [0.5, 0.6) is 0 Å². The zero-order valence-corrected chi connectivity index (χ0v) is 18.2. The Hall–Kier alpha value is -2.60. The first-order valence-electron chi connectivity index (χ1n) is 10.4. The van der Waals surface area contributed by atoms with E-state index >= 15 is 0 Å². The van der Waals surface area contributed by atoms with E-state index in [0.29, 0.717) is 25.3 Å². The molecule has 0 radical (unpaired) electrons. The van der Waals surface area contributed by atoms with Gasteiger partial charge in [-0.25, -0.2) is 13.8 Å². The van der Waals surface area contributed by atoms with Crippen molar-refractivity contribution < 1.29 is 18.7 Å². The fraction of sp³-hybridized carbons (Fsp3) is 0.417. The number of amides is 1. The third-order valence-corrected chi connectivity index (χ3v) is 4.46. The highest BCUT2D eigenvalue weighted by atomic mass is 19.1. The van der Waals surface area contributed by atoms with Gasteiger partial charge in [0, 0.05) is 31.4 Å². The molecular formula is C24H32F2N2O2. The lowest BCUT2D eigenvalue weighted by atomic mass is 9.89. The number of halogens is 2. The van der Waals surface area contributed by atoms with Crippen LogP contribution in [0.1, 0.15) is 64.0 Å². The number of hydrazone groups is 1. The second-order valence-electron chi connectivity index (χ2n) is 6.66. The van der Waals surface area contributed by atoms with E-state index in [1.165, 1.54) is 11.9 Å². The van der Waals surface area contributed by atoms with Gasteiger partial charge >= 0.3 is 0 Å². The van der Waals surface area contributed by atoms with Gasteiger partial charge in [-0.1, -0.05) is 57.5 Å². The van der Waals surface area contributed by atoms with Crippen LogP contribution >= 0.6 is 0 Å². The number of hydrogen-bond acceptors (Lipinski definition) is 3. The molecular weight excluding hydrogens is 386 g/mol. The molecule has 1 aliphatic heterocycles. The number of carbonyl (C=O) groups is 1. The van der Waals surface area contributed by atoms with Crippen molar-refractivity contribution in [3.05, 3.63) is 71.3 Å². The van der Waals surface area contributed by atoms with Crippen molar-refractivity contribution in [2.45, 2.75) is 52.9 Å². The summed E-state index contributed by atoms with van der Waals surface area (Å²) in [6.07, 6.45) is 2.49. The zero-order chi connectivity index (χ0) is 22.5. The van der Waals surface area contributed by atoms with Crippen molar-refractivity contribution in [3.63, 3.8) is 0 Å². The molecule has 30 heavy (non-hydrogen) atoms. The molecule has 1 heterocycles. The Labute approximate surface area is 178 Å². The second kappa shape index (κ2) is 13.6. The summed E-state index contributed by atoms with van der Waals surface area (Å²) in [7, 11) is 0. The highest BCUT2D eigenvalue weighted by molar-refractivity contribution is 6.02. The monoisotopic (exact) mass is 418 g/mol. The molecule has 0 aliphatic carbocycles. The second-order valence-corrected chi connectivity index (χ2v) is 6.66. The van der Waals surface area contributed by atoms with Gasteiger partial charge < -0.3 is 5.11 Å². The molecule has 1 aliphatic rings. The SMILES string of the molecule is CC.CC(=O)N1C[C@H](c2ccccc2)CC(c2cc(F)ccc2F)=N1.CCCCO. The molecule has 4 nitrogen and oxygen atoms in total. The van der Waals surface area contributed by atoms with E-state index < -0.39 is 11.6 Å². The zero-order valence-electron chi connectivity index (χ0n) is 18.2. The molecule has 164 valence electrons. The van der Waals surface area contributed by atoms with Gasteiger partial charge in [0.05, 0.1) is 12.3 Å². The first-order valence-corrected chi connectivity index (χ1v) is 10.4. The van der Waals surface area contributed by atoms with E-state index in [1.807, 2.05) is 44.2 Å². The Kier molecular flexibility index (Phi) is 11.5. The van der Waals surface area contributed by atoms with Crippen molar-refractivity contribution in [3.8, 4) is 0 Å².